The van der Waals surface area contributed by atoms with E-state index in [-0.39, 0.29) is 0 Å². The number of aromatic nitrogens is 12. The molecule has 0 aliphatic carbocycles. The second-order valence-corrected chi connectivity index (χ2v) is 34.5. The van der Waals surface area contributed by atoms with Crippen LogP contribution in [0.1, 0.15) is 0 Å². The summed E-state index contributed by atoms with van der Waals surface area (Å²) < 4.78 is 18.9. The number of hydrogen-bond acceptors (Lipinski definition) is 15. The minimum atomic E-state index is 0.628. The van der Waals surface area contributed by atoms with Gasteiger partial charge in [0.05, 0.1) is 17.1 Å². The van der Waals surface area contributed by atoms with Gasteiger partial charge in [0.2, 0.25) is 11.4 Å². The van der Waals surface area contributed by atoms with Crippen molar-refractivity contribution in [2.75, 3.05) is 0 Å². The average Bonchev–Trinajstić information content (AvgIpc) is 1.57. The highest BCUT2D eigenvalue weighted by Gasteiger charge is 2.24. The summed E-state index contributed by atoms with van der Waals surface area (Å²) in [5, 5.41) is 21.0. The Kier molecular flexibility index (Phi) is 19.8. The number of benzene rings is 19. The van der Waals surface area contributed by atoms with Crippen molar-refractivity contribution in [3.8, 4) is 136 Å². The summed E-state index contributed by atoms with van der Waals surface area (Å²) in [6.07, 6.45) is 5.58. The molecule has 15 nitrogen and oxygen atoms in total. The van der Waals surface area contributed by atoms with Crippen molar-refractivity contribution in [3.05, 3.63) is 449 Å². The molecule has 15 heteroatoms. The summed E-state index contributed by atoms with van der Waals surface area (Å²) in [6, 6.07) is 148. The van der Waals surface area contributed by atoms with Gasteiger partial charge in [0, 0.05) is 100 Å². The third-order valence-corrected chi connectivity index (χ3v) is 26.0. The van der Waals surface area contributed by atoms with E-state index in [1.807, 2.05) is 201 Å². The van der Waals surface area contributed by atoms with Gasteiger partial charge >= 0.3 is 0 Å². The van der Waals surface area contributed by atoms with Gasteiger partial charge in [-0.3, -0.25) is 4.98 Å². The Morgan fingerprint density at radius 2 is 0.482 bits per heavy atom. The van der Waals surface area contributed by atoms with Crippen LogP contribution in [-0.4, -0.2) is 59.8 Å². The first-order chi connectivity index (χ1) is 68.8. The molecule has 0 atom stereocenters. The summed E-state index contributed by atoms with van der Waals surface area (Å²) in [6.45, 7) is 0. The number of fused-ring (bicyclic) bond motifs is 16. The normalized spacial score (nSPS) is 11.6. The van der Waals surface area contributed by atoms with Crippen LogP contribution >= 0.6 is 0 Å². The largest absolute Gasteiger partial charge is 0.454 e. The van der Waals surface area contributed by atoms with Crippen LogP contribution in [0.4, 0.5) is 0 Å². The van der Waals surface area contributed by atoms with E-state index in [9.17, 15) is 0 Å². The third-order valence-electron chi connectivity index (χ3n) is 26.0. The molecule has 9 aromatic heterocycles. The minimum absolute atomic E-state index is 0.628. The van der Waals surface area contributed by atoms with Crippen molar-refractivity contribution in [1.82, 2.24) is 59.8 Å². The fraction of sp³-hybridized carbons (Fsp3) is 0. The molecular formula is C124H74N12O3. The predicted molar refractivity (Wildman–Crippen MR) is 562 cm³/mol. The molecule has 0 amide bonds. The summed E-state index contributed by atoms with van der Waals surface area (Å²) >= 11 is 0. The third kappa shape index (κ3) is 15.0. The van der Waals surface area contributed by atoms with Crippen LogP contribution < -0.4 is 0 Å². The van der Waals surface area contributed by atoms with Gasteiger partial charge in [0.25, 0.3) is 0 Å². The smallest absolute Gasteiger partial charge is 0.227 e. The lowest BCUT2D eigenvalue weighted by Gasteiger charge is -2.11. The molecule has 9 heterocycles. The summed E-state index contributed by atoms with van der Waals surface area (Å²) in [5.41, 5.74) is 20.5. The molecule has 0 bridgehead atoms. The van der Waals surface area contributed by atoms with Gasteiger partial charge in [0.1, 0.15) is 16.7 Å². The molecule has 19 aromatic carbocycles. The number of rotatable bonds is 12. The maximum Gasteiger partial charge on any atom is 0.227 e. The number of nitrogens with zero attached hydrogens (tertiary/aromatic N) is 12. The highest BCUT2D eigenvalue weighted by molar-refractivity contribution is 6.20. The van der Waals surface area contributed by atoms with E-state index in [2.05, 4.69) is 259 Å². The molecule has 28 rings (SSSR count). The zero-order chi connectivity index (χ0) is 91.8. The summed E-state index contributed by atoms with van der Waals surface area (Å²) in [5.74, 6) is 5.76. The molecule has 0 spiro atoms. The maximum atomic E-state index is 6.32. The Balaban J connectivity index is 0.000000108. The van der Waals surface area contributed by atoms with Gasteiger partial charge in [-0.05, 0) is 165 Å². The van der Waals surface area contributed by atoms with E-state index in [1.54, 1.807) is 0 Å². The molecule has 648 valence electrons. The van der Waals surface area contributed by atoms with Gasteiger partial charge in [-0.15, -0.1) is 0 Å². The van der Waals surface area contributed by atoms with E-state index >= 15 is 0 Å². The predicted octanol–water partition coefficient (Wildman–Crippen LogP) is 31.6. The molecule has 0 unspecified atom stereocenters. The first-order valence-electron chi connectivity index (χ1n) is 46.1. The Morgan fingerprint density at radius 3 is 0.942 bits per heavy atom. The van der Waals surface area contributed by atoms with Crippen LogP contribution in [0.3, 0.4) is 0 Å². The molecule has 0 radical (unpaired) electrons. The maximum absolute atomic E-state index is 6.32. The first kappa shape index (κ1) is 80.7. The number of pyridine rings is 3. The molecule has 0 saturated heterocycles. The highest BCUT2D eigenvalue weighted by Crippen LogP contribution is 2.46. The Labute approximate surface area is 794 Å². The molecule has 0 N–H and O–H groups in total. The lowest BCUT2D eigenvalue weighted by molar-refractivity contribution is 0.654. The highest BCUT2D eigenvalue weighted by atomic mass is 16.3. The molecule has 139 heavy (non-hydrogen) atoms. The standard InChI is InChI=1S/C44H26N4O.2C40H24N4O/c1-2-10-28(11-3-1)41-46-42(33-18-17-27-9-4-5-12-29(27)23-33)48-43(47-41)34-19-20-35-32(24-34)15-8-16-36(35)37-21-22-45-44-40(37)38-25-30-13-6-7-14-31(30)26-39(38)49-44;1-3-11-25(12-4-1)37-42-38(26-13-5-2-6-14-26)44-39(43-37)29-21-22-30-27(23-29)16-9-17-31(30)32-18-10-20-35-36(32)33-24-28-15-7-8-19-34(28)41-40(33)45-35;1-3-10-25(11-4-1)38-42-39(26-12-5-2-6-13-26)44-40(43-38)30-18-19-31-29(20-30)16-9-17-32(31)34-23-41-24-36-37(34)33-21-27-14-7-8-15-28(27)22-35(33)45-36/h1-26H;2*1-24H. The zero-order valence-electron chi connectivity index (χ0n) is 74.3. The minimum Gasteiger partial charge on any atom is -0.454 e. The zero-order valence-corrected chi connectivity index (χ0v) is 74.3. The SMILES string of the molecule is c1ccc(-c2nc(-c3ccc4ccccc4c3)nc(-c3ccc4c(-c5ccnc6oc7cc8ccccc8cc7c56)cccc4c3)n2)cc1.c1ccc(-c2nc(-c3ccccc3)nc(-c3ccc4c(-c5cccc6oc7nc8ccccc8cc7c56)cccc4c3)n2)cc1.c1ccc(-c2nc(-c3ccccc3)nc(-c3ccc4c(-c5cncc6oc7cc8ccccc8cc7c56)cccc4c3)n2)cc1. The van der Waals surface area contributed by atoms with Gasteiger partial charge in [0.15, 0.2) is 58.0 Å². The van der Waals surface area contributed by atoms with Crippen LogP contribution in [0.25, 0.3) is 277 Å². The van der Waals surface area contributed by atoms with Crippen LogP contribution in [0.15, 0.2) is 463 Å². The van der Waals surface area contributed by atoms with Crippen LogP contribution in [0.5, 0.6) is 0 Å². The fourth-order valence-corrected chi connectivity index (χ4v) is 19.3. The molecule has 0 saturated carbocycles. The number of para-hydroxylation sites is 1. The molecular weight excluding hydrogens is 1710 g/mol. The Morgan fingerprint density at radius 1 is 0.158 bits per heavy atom. The van der Waals surface area contributed by atoms with Gasteiger partial charge in [-0.1, -0.05) is 358 Å². The molecule has 0 aliphatic rings. The van der Waals surface area contributed by atoms with E-state index in [4.69, 9.17) is 63.1 Å². The topological polar surface area (TPSA) is 194 Å². The van der Waals surface area contributed by atoms with Gasteiger partial charge in [-0.25, -0.2) is 54.8 Å². The fourth-order valence-electron chi connectivity index (χ4n) is 19.3. The molecule has 0 fully saturated rings. The van der Waals surface area contributed by atoms with Crippen LogP contribution in [0.2, 0.25) is 0 Å². The average molecular weight is 1780 g/mol. The Bertz CT molecular complexity index is 9270. The number of hydrogen-bond donors (Lipinski definition) is 0. The Hall–Kier alpha value is -19.1. The summed E-state index contributed by atoms with van der Waals surface area (Å²) in [4.78, 5) is 58.5. The van der Waals surface area contributed by atoms with E-state index in [1.165, 1.54) is 16.2 Å². The van der Waals surface area contributed by atoms with E-state index < -0.39 is 0 Å². The van der Waals surface area contributed by atoms with Crippen molar-refractivity contribution in [1.29, 1.82) is 0 Å². The van der Waals surface area contributed by atoms with Crippen molar-refractivity contribution < 1.29 is 13.3 Å². The van der Waals surface area contributed by atoms with Gasteiger partial charge in [-0.2, -0.15) is 0 Å². The van der Waals surface area contributed by atoms with Crippen molar-refractivity contribution in [3.63, 3.8) is 0 Å². The monoisotopic (exact) mass is 1780 g/mol. The van der Waals surface area contributed by atoms with E-state index in [0.717, 1.165) is 197 Å². The lowest BCUT2D eigenvalue weighted by atomic mass is 9.94. The van der Waals surface area contributed by atoms with Crippen molar-refractivity contribution >= 4 is 142 Å². The van der Waals surface area contributed by atoms with Crippen LogP contribution in [-0.2, 0) is 0 Å². The number of furan rings is 3. The van der Waals surface area contributed by atoms with Crippen molar-refractivity contribution in [2.24, 2.45) is 0 Å². The summed E-state index contributed by atoms with van der Waals surface area (Å²) in [7, 11) is 0. The quantitative estimate of drug-likeness (QED) is 0.112. The van der Waals surface area contributed by atoms with Crippen molar-refractivity contribution in [2.45, 2.75) is 0 Å². The molecule has 28 aromatic rings. The van der Waals surface area contributed by atoms with E-state index in [0.29, 0.717) is 63.8 Å². The molecule has 0 aliphatic heterocycles. The second kappa shape index (κ2) is 34.2. The first-order valence-corrected chi connectivity index (χ1v) is 46.1. The van der Waals surface area contributed by atoms with Gasteiger partial charge < -0.3 is 13.3 Å². The lowest BCUT2D eigenvalue weighted by Crippen LogP contribution is -2.00. The van der Waals surface area contributed by atoms with Crippen LogP contribution in [0, 0.1) is 0 Å². The second-order valence-electron chi connectivity index (χ2n) is 34.5.